The minimum atomic E-state index is -0.547. The fraction of sp³-hybridized carbons (Fsp3) is 0.500. The number of nitriles is 1. The minimum Gasteiger partial charge on any atom is -0.495 e. The van der Waals surface area contributed by atoms with Crippen molar-refractivity contribution in [1.29, 1.82) is 5.26 Å². The third-order valence-electron chi connectivity index (χ3n) is 3.90. The molecule has 1 aliphatic heterocycles. The zero-order valence-corrected chi connectivity index (χ0v) is 12.0. The summed E-state index contributed by atoms with van der Waals surface area (Å²) in [4.78, 5) is 0. The lowest BCUT2D eigenvalue weighted by molar-refractivity contribution is 0.00578. The quantitative estimate of drug-likeness (QED) is 0.761. The van der Waals surface area contributed by atoms with Gasteiger partial charge in [0.15, 0.2) is 0 Å². The van der Waals surface area contributed by atoms with E-state index in [0.29, 0.717) is 16.8 Å². The maximum atomic E-state index is 9.31. The Bertz CT molecular complexity index is 518. The van der Waals surface area contributed by atoms with E-state index in [0.717, 1.165) is 0 Å². The Morgan fingerprint density at radius 2 is 1.74 bits per heavy atom. The molecule has 19 heavy (non-hydrogen) atoms. The van der Waals surface area contributed by atoms with E-state index < -0.39 is 18.3 Å². The van der Waals surface area contributed by atoms with Crippen molar-refractivity contribution in [2.75, 3.05) is 7.11 Å². The second kappa shape index (κ2) is 4.55. The van der Waals surface area contributed by atoms with E-state index in [1.54, 1.807) is 13.2 Å². The minimum absolute atomic E-state index is 0.423. The normalized spacial score (nSPS) is 20.1. The van der Waals surface area contributed by atoms with Crippen LogP contribution in [0.5, 0.6) is 5.75 Å². The summed E-state index contributed by atoms with van der Waals surface area (Å²) >= 11 is 0. The van der Waals surface area contributed by atoms with E-state index in [1.165, 1.54) is 0 Å². The van der Waals surface area contributed by atoms with Crippen LogP contribution in [-0.2, 0) is 9.31 Å². The Balaban J connectivity index is 2.43. The van der Waals surface area contributed by atoms with Crippen molar-refractivity contribution in [3.05, 3.63) is 23.8 Å². The second-order valence-corrected chi connectivity index (χ2v) is 5.62. The molecule has 1 aliphatic rings. The fourth-order valence-electron chi connectivity index (χ4n) is 2.00. The topological polar surface area (TPSA) is 51.5 Å². The highest BCUT2D eigenvalue weighted by atomic mass is 16.7. The van der Waals surface area contributed by atoms with Crippen LogP contribution < -0.4 is 10.2 Å². The van der Waals surface area contributed by atoms with Gasteiger partial charge < -0.3 is 14.0 Å². The average molecular weight is 259 g/mol. The van der Waals surface area contributed by atoms with Crippen molar-refractivity contribution in [2.24, 2.45) is 0 Å². The SMILES string of the molecule is COc1cccc(B2OC(C)(C)C(C)(C)O2)c1C#N. The summed E-state index contributed by atoms with van der Waals surface area (Å²) < 4.78 is 17.1. The van der Waals surface area contributed by atoms with Crippen molar-refractivity contribution in [3.8, 4) is 11.8 Å². The highest BCUT2D eigenvalue weighted by Crippen LogP contribution is 2.37. The molecule has 1 heterocycles. The van der Waals surface area contributed by atoms with Crippen molar-refractivity contribution >= 4 is 12.6 Å². The molecule has 1 fully saturated rings. The molecule has 5 heteroatoms. The molecule has 1 aromatic rings. The summed E-state index contributed by atoms with van der Waals surface area (Å²) in [7, 11) is 0.999. The van der Waals surface area contributed by atoms with Gasteiger partial charge in [0.25, 0.3) is 0 Å². The molecular weight excluding hydrogens is 241 g/mol. The van der Waals surface area contributed by atoms with Crippen LogP contribution in [0.1, 0.15) is 33.3 Å². The average Bonchev–Trinajstić information content (AvgIpc) is 2.57. The van der Waals surface area contributed by atoms with E-state index in [2.05, 4.69) is 6.07 Å². The maximum Gasteiger partial charge on any atom is 0.496 e. The molecule has 0 unspecified atom stereocenters. The van der Waals surface area contributed by atoms with Crippen molar-refractivity contribution in [1.82, 2.24) is 0 Å². The zero-order valence-electron chi connectivity index (χ0n) is 12.0. The monoisotopic (exact) mass is 259 g/mol. The first kappa shape index (κ1) is 13.9. The summed E-state index contributed by atoms with van der Waals surface area (Å²) in [6.07, 6.45) is 0. The van der Waals surface area contributed by atoms with Gasteiger partial charge in [-0.15, -0.1) is 0 Å². The van der Waals surface area contributed by atoms with Crippen LogP contribution in [0.3, 0.4) is 0 Å². The molecular formula is C14H18BNO3. The van der Waals surface area contributed by atoms with Gasteiger partial charge in [0.05, 0.1) is 23.9 Å². The van der Waals surface area contributed by atoms with Gasteiger partial charge in [0.2, 0.25) is 0 Å². The van der Waals surface area contributed by atoms with E-state index in [4.69, 9.17) is 14.0 Å². The summed E-state index contributed by atoms with van der Waals surface area (Å²) in [5, 5.41) is 9.31. The van der Waals surface area contributed by atoms with Crippen LogP contribution in [0.15, 0.2) is 18.2 Å². The number of rotatable bonds is 2. The molecule has 0 aliphatic carbocycles. The fourth-order valence-corrected chi connectivity index (χ4v) is 2.00. The molecule has 0 amide bonds. The Morgan fingerprint density at radius 1 is 1.16 bits per heavy atom. The molecule has 4 nitrogen and oxygen atoms in total. The molecule has 0 spiro atoms. The third kappa shape index (κ3) is 2.22. The Morgan fingerprint density at radius 3 is 2.21 bits per heavy atom. The lowest BCUT2D eigenvalue weighted by Gasteiger charge is -2.32. The first-order valence-corrected chi connectivity index (χ1v) is 6.25. The molecule has 0 atom stereocenters. The molecule has 0 radical (unpaired) electrons. The Kier molecular flexibility index (Phi) is 3.33. The first-order chi connectivity index (χ1) is 8.82. The molecule has 1 saturated heterocycles. The molecule has 0 bridgehead atoms. The van der Waals surface area contributed by atoms with E-state index in [-0.39, 0.29) is 0 Å². The molecule has 0 saturated carbocycles. The molecule has 0 N–H and O–H groups in total. The Labute approximate surface area is 114 Å². The van der Waals surface area contributed by atoms with Crippen LogP contribution in [0, 0.1) is 11.3 Å². The predicted molar refractivity (Wildman–Crippen MR) is 73.4 cm³/mol. The summed E-state index contributed by atoms with van der Waals surface area (Å²) in [5.41, 5.74) is 0.324. The van der Waals surface area contributed by atoms with Gasteiger partial charge in [-0.2, -0.15) is 5.26 Å². The zero-order chi connectivity index (χ0) is 14.3. The van der Waals surface area contributed by atoms with Gasteiger partial charge in [-0.3, -0.25) is 0 Å². The van der Waals surface area contributed by atoms with Crippen molar-refractivity contribution in [2.45, 2.75) is 38.9 Å². The lowest BCUT2D eigenvalue weighted by Crippen LogP contribution is -2.41. The number of hydrogen-bond acceptors (Lipinski definition) is 4. The van der Waals surface area contributed by atoms with E-state index in [9.17, 15) is 5.26 Å². The van der Waals surface area contributed by atoms with Crippen LogP contribution >= 0.6 is 0 Å². The summed E-state index contributed by atoms with van der Waals surface area (Å²) in [6, 6.07) is 7.59. The number of ether oxygens (including phenoxy) is 1. The number of hydrogen-bond donors (Lipinski definition) is 0. The first-order valence-electron chi connectivity index (χ1n) is 6.25. The van der Waals surface area contributed by atoms with Crippen molar-refractivity contribution < 1.29 is 14.0 Å². The van der Waals surface area contributed by atoms with E-state index >= 15 is 0 Å². The van der Waals surface area contributed by atoms with Gasteiger partial charge in [-0.1, -0.05) is 12.1 Å². The second-order valence-electron chi connectivity index (χ2n) is 5.62. The number of methoxy groups -OCH3 is 1. The lowest BCUT2D eigenvalue weighted by atomic mass is 9.76. The summed E-state index contributed by atoms with van der Waals surface area (Å²) in [6.45, 7) is 7.94. The standard InChI is InChI=1S/C14H18BNO3/c1-13(2)14(3,4)19-15(18-13)11-7-6-8-12(17-5)10(11)9-16/h6-8H,1-5H3. The molecule has 1 aromatic carbocycles. The van der Waals surface area contributed by atoms with E-state index in [1.807, 2.05) is 39.8 Å². The summed E-state index contributed by atoms with van der Waals surface area (Å²) in [5.74, 6) is 0.537. The van der Waals surface area contributed by atoms with Crippen LogP contribution in [0.4, 0.5) is 0 Å². The Hall–Kier alpha value is -1.51. The van der Waals surface area contributed by atoms with Gasteiger partial charge >= 0.3 is 7.12 Å². The highest BCUT2D eigenvalue weighted by Gasteiger charge is 2.52. The third-order valence-corrected chi connectivity index (χ3v) is 3.90. The number of benzene rings is 1. The molecule has 0 aromatic heterocycles. The number of nitrogens with zero attached hydrogens (tertiary/aromatic N) is 1. The van der Waals surface area contributed by atoms with Crippen LogP contribution in [0.25, 0.3) is 0 Å². The van der Waals surface area contributed by atoms with Gasteiger partial charge in [0.1, 0.15) is 11.8 Å². The largest absolute Gasteiger partial charge is 0.496 e. The van der Waals surface area contributed by atoms with Crippen molar-refractivity contribution in [3.63, 3.8) is 0 Å². The molecule has 100 valence electrons. The van der Waals surface area contributed by atoms with Gasteiger partial charge in [-0.25, -0.2) is 0 Å². The molecule has 2 rings (SSSR count). The van der Waals surface area contributed by atoms with Gasteiger partial charge in [0, 0.05) is 5.46 Å². The highest BCUT2D eigenvalue weighted by molar-refractivity contribution is 6.63. The van der Waals surface area contributed by atoms with Crippen LogP contribution in [0.2, 0.25) is 0 Å². The van der Waals surface area contributed by atoms with Gasteiger partial charge in [-0.05, 0) is 33.8 Å². The maximum absolute atomic E-state index is 9.31. The predicted octanol–water partition coefficient (Wildman–Crippen LogP) is 1.87. The smallest absolute Gasteiger partial charge is 0.495 e. The van der Waals surface area contributed by atoms with Crippen LogP contribution in [-0.4, -0.2) is 25.4 Å².